The number of phenols is 1. The molecule has 8 heteroatoms. The maximum Gasteiger partial charge on any atom is 0.312 e. The molecule has 2 rings (SSSR count). The van der Waals surface area contributed by atoms with Gasteiger partial charge in [0, 0.05) is 5.75 Å². The number of hydrogen-bond acceptors (Lipinski definition) is 7. The van der Waals surface area contributed by atoms with Crippen LogP contribution in [0.5, 0.6) is 5.75 Å². The molecule has 21 heavy (non-hydrogen) atoms. The number of carbonyl (C=O) groups is 1. The molecule has 1 heterocycles. The third kappa shape index (κ3) is 3.52. The van der Waals surface area contributed by atoms with E-state index in [9.17, 15) is 9.90 Å². The van der Waals surface area contributed by atoms with Crippen molar-refractivity contribution in [1.29, 1.82) is 0 Å². The second-order valence-corrected chi connectivity index (χ2v) is 6.00. The van der Waals surface area contributed by atoms with Gasteiger partial charge in [-0.15, -0.1) is 5.10 Å². The third-order valence-electron chi connectivity index (χ3n) is 2.84. The number of carbonyl (C=O) groups excluding carboxylic acids is 1. The molecule has 0 aliphatic heterocycles. The molecule has 1 N–H and O–H groups in total. The SMILES string of the molecule is COC(=O)C(C)(C)CSc1nnnn1-c1ccc(O)cc1. The van der Waals surface area contributed by atoms with E-state index in [0.29, 0.717) is 10.9 Å². The minimum Gasteiger partial charge on any atom is -0.508 e. The van der Waals surface area contributed by atoms with Crippen LogP contribution >= 0.6 is 11.8 Å². The second-order valence-electron chi connectivity index (χ2n) is 5.05. The van der Waals surface area contributed by atoms with Crippen LogP contribution in [0, 0.1) is 5.41 Å². The number of methoxy groups -OCH3 is 1. The third-order valence-corrected chi connectivity index (χ3v) is 4.21. The molecule has 0 aliphatic rings. The van der Waals surface area contributed by atoms with Gasteiger partial charge >= 0.3 is 5.97 Å². The maximum atomic E-state index is 11.7. The van der Waals surface area contributed by atoms with Crippen LogP contribution in [0.25, 0.3) is 5.69 Å². The Morgan fingerprint density at radius 2 is 2.05 bits per heavy atom. The number of rotatable bonds is 5. The smallest absolute Gasteiger partial charge is 0.312 e. The summed E-state index contributed by atoms with van der Waals surface area (Å²) in [5.41, 5.74) is 0.0988. The number of phenolic OH excluding ortho intramolecular Hbond substituents is 1. The first kappa shape index (κ1) is 15.3. The average molecular weight is 308 g/mol. The number of aromatic nitrogens is 4. The Balaban J connectivity index is 2.14. The quantitative estimate of drug-likeness (QED) is 0.663. The van der Waals surface area contributed by atoms with Gasteiger partial charge in [0.2, 0.25) is 5.16 Å². The summed E-state index contributed by atoms with van der Waals surface area (Å²) in [6.45, 7) is 3.61. The number of aromatic hydroxyl groups is 1. The normalized spacial score (nSPS) is 11.4. The molecule has 1 aromatic heterocycles. The van der Waals surface area contributed by atoms with Crippen molar-refractivity contribution in [2.75, 3.05) is 12.9 Å². The summed E-state index contributed by atoms with van der Waals surface area (Å²) in [6.07, 6.45) is 0. The second kappa shape index (κ2) is 6.13. The number of tetrazole rings is 1. The highest BCUT2D eigenvalue weighted by Crippen LogP contribution is 2.28. The summed E-state index contributed by atoms with van der Waals surface area (Å²) in [6, 6.07) is 6.54. The van der Waals surface area contributed by atoms with Gasteiger partial charge < -0.3 is 9.84 Å². The molecule has 0 saturated carbocycles. The van der Waals surface area contributed by atoms with E-state index in [4.69, 9.17) is 4.74 Å². The van der Waals surface area contributed by atoms with Crippen molar-refractivity contribution in [3.63, 3.8) is 0 Å². The molecule has 1 aromatic carbocycles. The van der Waals surface area contributed by atoms with Crippen LogP contribution < -0.4 is 0 Å². The fraction of sp³-hybridized carbons (Fsp3) is 0.385. The van der Waals surface area contributed by atoms with Gasteiger partial charge in [-0.2, -0.15) is 4.68 Å². The van der Waals surface area contributed by atoms with Gasteiger partial charge in [-0.05, 0) is 48.5 Å². The zero-order valence-electron chi connectivity index (χ0n) is 12.0. The number of nitrogens with zero attached hydrogens (tertiary/aromatic N) is 4. The van der Waals surface area contributed by atoms with Crippen molar-refractivity contribution in [1.82, 2.24) is 20.2 Å². The number of ether oxygens (including phenoxy) is 1. The van der Waals surface area contributed by atoms with Crippen LogP contribution in [-0.4, -0.2) is 44.1 Å². The number of esters is 1. The molecule has 112 valence electrons. The van der Waals surface area contributed by atoms with Gasteiger partial charge in [0.05, 0.1) is 18.2 Å². The van der Waals surface area contributed by atoms with Crippen LogP contribution in [0.1, 0.15) is 13.8 Å². The summed E-state index contributed by atoms with van der Waals surface area (Å²) in [4.78, 5) is 11.7. The molecule has 0 saturated heterocycles. The molecule has 2 aromatic rings. The number of hydrogen-bond donors (Lipinski definition) is 1. The Morgan fingerprint density at radius 1 is 1.38 bits per heavy atom. The van der Waals surface area contributed by atoms with E-state index in [1.807, 2.05) is 0 Å². The van der Waals surface area contributed by atoms with Crippen LogP contribution in [0.3, 0.4) is 0 Å². The Labute approximate surface area is 126 Å². The van der Waals surface area contributed by atoms with Crippen LogP contribution in [0.2, 0.25) is 0 Å². The molecule has 7 nitrogen and oxygen atoms in total. The molecule has 0 fully saturated rings. The zero-order valence-corrected chi connectivity index (χ0v) is 12.8. The lowest BCUT2D eigenvalue weighted by molar-refractivity contribution is -0.149. The van der Waals surface area contributed by atoms with Gasteiger partial charge in [0.15, 0.2) is 0 Å². The van der Waals surface area contributed by atoms with Crippen molar-refractivity contribution in [2.24, 2.45) is 5.41 Å². The predicted molar refractivity (Wildman–Crippen MR) is 77.3 cm³/mol. The molecule has 0 atom stereocenters. The summed E-state index contributed by atoms with van der Waals surface area (Å²) < 4.78 is 6.33. The van der Waals surface area contributed by atoms with Gasteiger partial charge in [-0.25, -0.2) is 0 Å². The number of benzene rings is 1. The standard InChI is InChI=1S/C13H16N4O3S/c1-13(2,11(19)20-3)8-21-12-14-15-16-17(12)9-4-6-10(18)7-5-9/h4-7,18H,8H2,1-3H3. The Hall–Kier alpha value is -2.09. The minimum atomic E-state index is -0.634. The molecule has 0 radical (unpaired) electrons. The van der Waals surface area contributed by atoms with Gasteiger partial charge in [0.1, 0.15) is 5.75 Å². The first-order chi connectivity index (χ1) is 9.94. The summed E-state index contributed by atoms with van der Waals surface area (Å²) >= 11 is 1.37. The predicted octanol–water partition coefficient (Wildman–Crippen LogP) is 1.66. The molecule has 0 aliphatic carbocycles. The lowest BCUT2D eigenvalue weighted by atomic mass is 9.97. The summed E-state index contributed by atoms with van der Waals surface area (Å²) in [5, 5.41) is 21.4. The van der Waals surface area contributed by atoms with Gasteiger partial charge in [-0.1, -0.05) is 11.8 Å². The first-order valence-electron chi connectivity index (χ1n) is 6.23. The molecular weight excluding hydrogens is 292 g/mol. The first-order valence-corrected chi connectivity index (χ1v) is 7.21. The van der Waals surface area contributed by atoms with Gasteiger partial charge in [-0.3, -0.25) is 4.79 Å². The monoisotopic (exact) mass is 308 g/mol. The lowest BCUT2D eigenvalue weighted by Gasteiger charge is -2.20. The summed E-state index contributed by atoms with van der Waals surface area (Å²) in [7, 11) is 1.37. The van der Waals surface area contributed by atoms with Gasteiger partial charge in [0.25, 0.3) is 0 Å². The maximum absolute atomic E-state index is 11.7. The van der Waals surface area contributed by atoms with E-state index in [2.05, 4.69) is 15.5 Å². The fourth-order valence-corrected chi connectivity index (χ4v) is 2.57. The molecular formula is C13H16N4O3S. The van der Waals surface area contributed by atoms with E-state index in [1.165, 1.54) is 18.9 Å². The van der Waals surface area contributed by atoms with Crippen LogP contribution in [0.4, 0.5) is 0 Å². The minimum absolute atomic E-state index is 0.174. The van der Waals surface area contributed by atoms with Crippen molar-refractivity contribution in [3.05, 3.63) is 24.3 Å². The molecule has 0 unspecified atom stereocenters. The van der Waals surface area contributed by atoms with Crippen LogP contribution in [-0.2, 0) is 9.53 Å². The highest BCUT2D eigenvalue weighted by atomic mass is 32.2. The van der Waals surface area contributed by atoms with E-state index in [-0.39, 0.29) is 11.7 Å². The number of thioether (sulfide) groups is 1. The van der Waals surface area contributed by atoms with E-state index in [1.54, 1.807) is 42.8 Å². The van der Waals surface area contributed by atoms with E-state index >= 15 is 0 Å². The Morgan fingerprint density at radius 3 is 2.67 bits per heavy atom. The van der Waals surface area contributed by atoms with Crippen LogP contribution in [0.15, 0.2) is 29.4 Å². The highest BCUT2D eigenvalue weighted by Gasteiger charge is 2.29. The largest absolute Gasteiger partial charge is 0.508 e. The summed E-state index contributed by atoms with van der Waals surface area (Å²) in [5.74, 6) is 0.379. The topological polar surface area (TPSA) is 90.1 Å². The average Bonchev–Trinajstić information content (AvgIpc) is 2.93. The van der Waals surface area contributed by atoms with E-state index in [0.717, 1.165) is 5.69 Å². The molecule has 0 bridgehead atoms. The lowest BCUT2D eigenvalue weighted by Crippen LogP contribution is -2.28. The molecule has 0 spiro atoms. The van der Waals surface area contributed by atoms with Crippen molar-refractivity contribution >= 4 is 17.7 Å². The Kier molecular flexibility index (Phi) is 4.46. The fourth-order valence-electron chi connectivity index (χ4n) is 1.60. The van der Waals surface area contributed by atoms with Crippen molar-refractivity contribution < 1.29 is 14.6 Å². The van der Waals surface area contributed by atoms with Crippen molar-refractivity contribution in [2.45, 2.75) is 19.0 Å². The van der Waals surface area contributed by atoms with E-state index < -0.39 is 5.41 Å². The zero-order chi connectivity index (χ0) is 15.5. The highest BCUT2D eigenvalue weighted by molar-refractivity contribution is 7.99. The molecule has 0 amide bonds. The Bertz CT molecular complexity index is 625. The van der Waals surface area contributed by atoms with Crippen molar-refractivity contribution in [3.8, 4) is 11.4 Å².